The van der Waals surface area contributed by atoms with E-state index in [1.54, 1.807) is 12.4 Å². The van der Waals surface area contributed by atoms with Crippen molar-refractivity contribution in [2.75, 3.05) is 19.6 Å². The fourth-order valence-corrected chi connectivity index (χ4v) is 3.85. The van der Waals surface area contributed by atoms with Gasteiger partial charge in [-0.05, 0) is 37.4 Å². The van der Waals surface area contributed by atoms with Gasteiger partial charge in [0.1, 0.15) is 0 Å². The molecular weight excluding hydrogens is 350 g/mol. The number of nitrogens with zero attached hydrogens (tertiary/aromatic N) is 4. The Morgan fingerprint density at radius 2 is 1.96 bits per heavy atom. The second-order valence-corrected chi connectivity index (χ2v) is 7.51. The summed E-state index contributed by atoms with van der Waals surface area (Å²) >= 11 is 0. The number of pyridine rings is 1. The largest absolute Gasteiger partial charge is 0.349 e. The van der Waals surface area contributed by atoms with E-state index in [2.05, 4.69) is 39.4 Å². The van der Waals surface area contributed by atoms with Gasteiger partial charge in [-0.1, -0.05) is 37.3 Å². The minimum atomic E-state index is -0.0425. The second-order valence-electron chi connectivity index (χ2n) is 7.51. The molecule has 0 bridgehead atoms. The maximum Gasteiger partial charge on any atom is 0.253 e. The Morgan fingerprint density at radius 3 is 2.71 bits per heavy atom. The van der Waals surface area contributed by atoms with Gasteiger partial charge in [0.25, 0.3) is 5.91 Å². The van der Waals surface area contributed by atoms with Crippen LogP contribution >= 0.6 is 0 Å². The fourth-order valence-electron chi connectivity index (χ4n) is 3.85. The van der Waals surface area contributed by atoms with E-state index in [0.29, 0.717) is 12.1 Å². The van der Waals surface area contributed by atoms with Crippen LogP contribution in [0.1, 0.15) is 42.1 Å². The number of rotatable bonds is 6. The van der Waals surface area contributed by atoms with Crippen LogP contribution in [0.3, 0.4) is 0 Å². The first-order valence-electron chi connectivity index (χ1n) is 10.1. The van der Waals surface area contributed by atoms with Crippen LogP contribution in [0.25, 0.3) is 11.0 Å². The lowest BCUT2D eigenvalue weighted by Gasteiger charge is -2.32. The number of aromatic nitrogens is 3. The summed E-state index contributed by atoms with van der Waals surface area (Å²) in [5.41, 5.74) is 2.57. The smallest absolute Gasteiger partial charge is 0.253 e. The number of carbonyl (C=O) groups is 1. The third-order valence-corrected chi connectivity index (χ3v) is 5.38. The Kier molecular flexibility index (Phi) is 5.67. The maximum absolute atomic E-state index is 12.7. The molecule has 1 amide bonds. The summed E-state index contributed by atoms with van der Waals surface area (Å²) in [7, 11) is 0. The van der Waals surface area contributed by atoms with Crippen molar-refractivity contribution in [2.24, 2.45) is 0 Å². The molecule has 146 valence electrons. The minimum Gasteiger partial charge on any atom is -0.349 e. The van der Waals surface area contributed by atoms with Crippen molar-refractivity contribution < 1.29 is 4.79 Å². The van der Waals surface area contributed by atoms with Crippen LogP contribution in [0.4, 0.5) is 0 Å². The normalized spacial score (nSPS) is 15.8. The van der Waals surface area contributed by atoms with Crippen LogP contribution in [0.15, 0.2) is 48.8 Å². The average molecular weight is 377 g/mol. The highest BCUT2D eigenvalue weighted by Crippen LogP contribution is 2.16. The highest BCUT2D eigenvalue weighted by molar-refractivity contribution is 5.97. The topological polar surface area (TPSA) is 63.1 Å². The fraction of sp³-hybridized carbons (Fsp3) is 0.409. The van der Waals surface area contributed by atoms with Gasteiger partial charge in [0.2, 0.25) is 0 Å². The summed E-state index contributed by atoms with van der Waals surface area (Å²) in [6.45, 7) is 6.14. The first kappa shape index (κ1) is 18.6. The SMILES string of the molecule is CCCN1CCC(NC(=O)c2cnc3c(cnn3Cc3ccccc3)c2)CC1. The van der Waals surface area contributed by atoms with Crippen molar-refractivity contribution in [3.63, 3.8) is 0 Å². The highest BCUT2D eigenvalue weighted by Gasteiger charge is 2.21. The molecule has 1 aliphatic heterocycles. The van der Waals surface area contributed by atoms with Crippen molar-refractivity contribution >= 4 is 16.9 Å². The number of hydrogen-bond acceptors (Lipinski definition) is 4. The number of benzene rings is 1. The number of amides is 1. The predicted octanol–water partition coefficient (Wildman–Crippen LogP) is 3.08. The number of nitrogens with one attached hydrogen (secondary N) is 1. The Bertz CT molecular complexity index is 929. The van der Waals surface area contributed by atoms with Crippen LogP contribution in [0.5, 0.6) is 0 Å². The number of piperidine rings is 1. The molecule has 6 heteroatoms. The van der Waals surface area contributed by atoms with Crippen molar-refractivity contribution in [3.05, 3.63) is 59.9 Å². The Hall–Kier alpha value is -2.73. The standard InChI is InChI=1S/C22H27N5O/c1-2-10-26-11-8-20(9-12-26)25-22(28)19-13-18-15-24-27(21(18)23-14-19)16-17-6-4-3-5-7-17/h3-7,13-15,20H,2,8-12,16H2,1H3,(H,25,28). The Morgan fingerprint density at radius 1 is 1.18 bits per heavy atom. The molecule has 0 radical (unpaired) electrons. The van der Waals surface area contributed by atoms with E-state index in [1.807, 2.05) is 28.9 Å². The molecule has 1 saturated heterocycles. The van der Waals surface area contributed by atoms with E-state index in [4.69, 9.17) is 0 Å². The van der Waals surface area contributed by atoms with E-state index in [9.17, 15) is 4.79 Å². The number of likely N-dealkylation sites (tertiary alicyclic amines) is 1. The van der Waals surface area contributed by atoms with Crippen LogP contribution < -0.4 is 5.32 Å². The third-order valence-electron chi connectivity index (χ3n) is 5.38. The molecule has 2 aromatic heterocycles. The molecule has 0 spiro atoms. The molecule has 0 atom stereocenters. The quantitative estimate of drug-likeness (QED) is 0.717. The van der Waals surface area contributed by atoms with Gasteiger partial charge < -0.3 is 10.2 Å². The Labute approximate surface area is 165 Å². The molecule has 1 fully saturated rings. The lowest BCUT2D eigenvalue weighted by atomic mass is 10.0. The minimum absolute atomic E-state index is 0.0425. The van der Waals surface area contributed by atoms with Crippen molar-refractivity contribution in [1.82, 2.24) is 25.0 Å². The summed E-state index contributed by atoms with van der Waals surface area (Å²) < 4.78 is 1.87. The summed E-state index contributed by atoms with van der Waals surface area (Å²) in [4.78, 5) is 19.7. The van der Waals surface area contributed by atoms with Gasteiger partial charge in [-0.15, -0.1) is 0 Å². The molecule has 1 aliphatic rings. The van der Waals surface area contributed by atoms with Crippen molar-refractivity contribution in [3.8, 4) is 0 Å². The van der Waals surface area contributed by atoms with Gasteiger partial charge >= 0.3 is 0 Å². The van der Waals surface area contributed by atoms with Gasteiger partial charge in [0.15, 0.2) is 5.65 Å². The van der Waals surface area contributed by atoms with Crippen LogP contribution in [0, 0.1) is 0 Å². The van der Waals surface area contributed by atoms with E-state index in [1.165, 1.54) is 12.0 Å². The number of carbonyl (C=O) groups excluding carboxylic acids is 1. The average Bonchev–Trinajstić information content (AvgIpc) is 3.12. The van der Waals surface area contributed by atoms with E-state index in [0.717, 1.165) is 43.5 Å². The molecular formula is C22H27N5O. The third kappa shape index (κ3) is 4.22. The zero-order chi connectivity index (χ0) is 19.3. The van der Waals surface area contributed by atoms with Gasteiger partial charge in [0.05, 0.1) is 18.3 Å². The summed E-state index contributed by atoms with van der Waals surface area (Å²) in [5.74, 6) is -0.0425. The molecule has 3 heterocycles. The van der Waals surface area contributed by atoms with Gasteiger partial charge in [0, 0.05) is 30.7 Å². The summed E-state index contributed by atoms with van der Waals surface area (Å²) in [6.07, 6.45) is 6.64. The molecule has 28 heavy (non-hydrogen) atoms. The van der Waals surface area contributed by atoms with Gasteiger partial charge in [-0.25, -0.2) is 9.67 Å². The first-order valence-corrected chi connectivity index (χ1v) is 10.1. The summed E-state index contributed by atoms with van der Waals surface area (Å²) in [6, 6.07) is 12.3. The molecule has 6 nitrogen and oxygen atoms in total. The molecule has 1 aromatic carbocycles. The zero-order valence-corrected chi connectivity index (χ0v) is 16.3. The van der Waals surface area contributed by atoms with Gasteiger partial charge in [-0.2, -0.15) is 5.10 Å². The predicted molar refractivity (Wildman–Crippen MR) is 110 cm³/mol. The lowest BCUT2D eigenvalue weighted by Crippen LogP contribution is -2.44. The van der Waals surface area contributed by atoms with Crippen molar-refractivity contribution in [2.45, 2.75) is 38.8 Å². The van der Waals surface area contributed by atoms with Crippen LogP contribution in [-0.4, -0.2) is 51.2 Å². The van der Waals surface area contributed by atoms with E-state index >= 15 is 0 Å². The molecule has 0 aliphatic carbocycles. The molecule has 0 unspecified atom stereocenters. The van der Waals surface area contributed by atoms with E-state index < -0.39 is 0 Å². The van der Waals surface area contributed by atoms with Gasteiger partial charge in [-0.3, -0.25) is 4.79 Å². The lowest BCUT2D eigenvalue weighted by molar-refractivity contribution is 0.0911. The van der Waals surface area contributed by atoms with Crippen molar-refractivity contribution in [1.29, 1.82) is 0 Å². The monoisotopic (exact) mass is 377 g/mol. The zero-order valence-electron chi connectivity index (χ0n) is 16.3. The molecule has 0 saturated carbocycles. The molecule has 3 aromatic rings. The van der Waals surface area contributed by atoms with Crippen LogP contribution in [-0.2, 0) is 6.54 Å². The first-order chi connectivity index (χ1) is 13.7. The number of hydrogen-bond donors (Lipinski definition) is 1. The molecule has 4 rings (SSSR count). The highest BCUT2D eigenvalue weighted by atomic mass is 16.1. The summed E-state index contributed by atoms with van der Waals surface area (Å²) in [5, 5.41) is 8.52. The van der Waals surface area contributed by atoms with Crippen LogP contribution in [0.2, 0.25) is 0 Å². The maximum atomic E-state index is 12.7. The second kappa shape index (κ2) is 8.52. The van der Waals surface area contributed by atoms with E-state index in [-0.39, 0.29) is 11.9 Å². The Balaban J connectivity index is 1.41. The molecule has 1 N–H and O–H groups in total. The number of fused-ring (bicyclic) bond motifs is 1.